The molecule has 0 aromatic heterocycles. The molecule has 2 atom stereocenters. The summed E-state index contributed by atoms with van der Waals surface area (Å²) in [5, 5.41) is 0. The lowest BCUT2D eigenvalue weighted by atomic mass is 10.1. The van der Waals surface area contributed by atoms with Gasteiger partial charge in [0.05, 0.1) is 0 Å². The first kappa shape index (κ1) is 6.92. The highest BCUT2D eigenvalue weighted by Gasteiger charge is 1.96. The van der Waals surface area contributed by atoms with Crippen LogP contribution >= 0.6 is 0 Å². The van der Waals surface area contributed by atoms with E-state index in [0.29, 0.717) is 0 Å². The van der Waals surface area contributed by atoms with Crippen molar-refractivity contribution in [3.8, 4) is 0 Å². The zero-order chi connectivity index (χ0) is 5.86. The SMILES string of the molecule is C[C@H](N)C[C@H](C)N. The lowest BCUT2D eigenvalue weighted by Gasteiger charge is -2.06. The van der Waals surface area contributed by atoms with Crippen LogP contribution in [0.1, 0.15) is 20.3 Å². The predicted octanol–water partition coefficient (Wildman–Crippen LogP) is 0.0709. The van der Waals surface area contributed by atoms with Crippen LogP contribution in [-0.2, 0) is 0 Å². The Bertz CT molecular complexity index is 35.3. The molecular formula is C5H14N2. The van der Waals surface area contributed by atoms with Crippen LogP contribution in [0.3, 0.4) is 0 Å². The Hall–Kier alpha value is -0.0800. The quantitative estimate of drug-likeness (QED) is 0.518. The molecule has 0 aromatic rings. The normalized spacial score (nSPS) is 18.9. The molecule has 0 bridgehead atoms. The molecule has 0 aliphatic carbocycles. The Morgan fingerprint density at radius 1 is 1.14 bits per heavy atom. The third-order valence-corrected chi connectivity index (χ3v) is 0.744. The third kappa shape index (κ3) is 5.92. The summed E-state index contributed by atoms with van der Waals surface area (Å²) in [6, 6.07) is 0.500. The minimum atomic E-state index is 0.250. The van der Waals surface area contributed by atoms with Crippen molar-refractivity contribution in [3.63, 3.8) is 0 Å². The van der Waals surface area contributed by atoms with E-state index < -0.39 is 0 Å². The largest absolute Gasteiger partial charge is 0.328 e. The van der Waals surface area contributed by atoms with Crippen LogP contribution in [-0.4, -0.2) is 12.1 Å². The van der Waals surface area contributed by atoms with Gasteiger partial charge in [-0.2, -0.15) is 0 Å². The van der Waals surface area contributed by atoms with Crippen LogP contribution in [0.2, 0.25) is 0 Å². The number of nitrogens with two attached hydrogens (primary N) is 2. The minimum Gasteiger partial charge on any atom is -0.328 e. The lowest BCUT2D eigenvalue weighted by Crippen LogP contribution is -2.26. The molecule has 0 aliphatic rings. The Labute approximate surface area is 44.9 Å². The molecule has 4 N–H and O–H groups in total. The Balaban J connectivity index is 2.95. The maximum atomic E-state index is 5.41. The van der Waals surface area contributed by atoms with Gasteiger partial charge >= 0.3 is 0 Å². The Morgan fingerprint density at radius 3 is 1.43 bits per heavy atom. The van der Waals surface area contributed by atoms with E-state index in [0.717, 1.165) is 6.42 Å². The van der Waals surface area contributed by atoms with E-state index in [2.05, 4.69) is 0 Å². The van der Waals surface area contributed by atoms with Crippen molar-refractivity contribution in [2.24, 2.45) is 11.5 Å². The molecule has 0 saturated carbocycles. The molecule has 0 amide bonds. The second-order valence-electron chi connectivity index (χ2n) is 2.19. The summed E-state index contributed by atoms with van der Waals surface area (Å²) in [5.41, 5.74) is 10.8. The van der Waals surface area contributed by atoms with Crippen LogP contribution in [0.4, 0.5) is 0 Å². The standard InChI is InChI=1S/C5H14N2/c1-4(6)3-5(2)7/h4-5H,3,6-7H2,1-2H3/t4-,5-/m0/s1. The van der Waals surface area contributed by atoms with Crippen molar-refractivity contribution in [2.45, 2.75) is 32.4 Å². The van der Waals surface area contributed by atoms with Crippen molar-refractivity contribution in [1.29, 1.82) is 0 Å². The summed E-state index contributed by atoms with van der Waals surface area (Å²) in [6.45, 7) is 3.92. The van der Waals surface area contributed by atoms with Crippen LogP contribution < -0.4 is 11.5 Å². The predicted molar refractivity (Wildman–Crippen MR) is 31.9 cm³/mol. The van der Waals surface area contributed by atoms with Crippen LogP contribution in [0.15, 0.2) is 0 Å². The minimum absolute atomic E-state index is 0.250. The molecule has 0 aliphatic heterocycles. The molecule has 7 heavy (non-hydrogen) atoms. The van der Waals surface area contributed by atoms with Crippen molar-refractivity contribution < 1.29 is 0 Å². The van der Waals surface area contributed by atoms with E-state index in [1.54, 1.807) is 0 Å². The molecule has 44 valence electrons. The van der Waals surface area contributed by atoms with Gasteiger partial charge in [-0.05, 0) is 20.3 Å². The van der Waals surface area contributed by atoms with E-state index >= 15 is 0 Å². The van der Waals surface area contributed by atoms with Crippen LogP contribution in [0.25, 0.3) is 0 Å². The summed E-state index contributed by atoms with van der Waals surface area (Å²) in [4.78, 5) is 0. The molecule has 2 heteroatoms. The second kappa shape index (κ2) is 2.99. The summed E-state index contributed by atoms with van der Waals surface area (Å²) in [6.07, 6.45) is 0.917. The number of hydrogen-bond donors (Lipinski definition) is 2. The molecule has 0 spiro atoms. The zero-order valence-electron chi connectivity index (χ0n) is 5.02. The Morgan fingerprint density at radius 2 is 1.43 bits per heavy atom. The third-order valence-electron chi connectivity index (χ3n) is 0.744. The summed E-state index contributed by atoms with van der Waals surface area (Å²) in [7, 11) is 0. The van der Waals surface area contributed by atoms with Gasteiger partial charge in [-0.25, -0.2) is 0 Å². The zero-order valence-corrected chi connectivity index (χ0v) is 5.02. The number of rotatable bonds is 2. The highest BCUT2D eigenvalue weighted by atomic mass is 14.7. The van der Waals surface area contributed by atoms with E-state index in [-0.39, 0.29) is 12.1 Å². The van der Waals surface area contributed by atoms with Gasteiger partial charge in [-0.15, -0.1) is 0 Å². The highest BCUT2D eigenvalue weighted by Crippen LogP contribution is 1.88. The van der Waals surface area contributed by atoms with Crippen LogP contribution in [0.5, 0.6) is 0 Å². The van der Waals surface area contributed by atoms with Gasteiger partial charge in [-0.1, -0.05) is 0 Å². The second-order valence-corrected chi connectivity index (χ2v) is 2.19. The summed E-state index contributed by atoms with van der Waals surface area (Å²) >= 11 is 0. The first-order chi connectivity index (χ1) is 3.13. The number of hydrogen-bond acceptors (Lipinski definition) is 2. The topological polar surface area (TPSA) is 52.0 Å². The van der Waals surface area contributed by atoms with Crippen molar-refractivity contribution in [1.82, 2.24) is 0 Å². The van der Waals surface area contributed by atoms with Gasteiger partial charge in [0.15, 0.2) is 0 Å². The average molecular weight is 102 g/mol. The maximum Gasteiger partial charge on any atom is 0.00251 e. The highest BCUT2D eigenvalue weighted by molar-refractivity contribution is 4.60. The fourth-order valence-corrected chi connectivity index (χ4v) is 0.586. The molecule has 0 heterocycles. The molecule has 0 unspecified atom stereocenters. The molecule has 0 saturated heterocycles. The van der Waals surface area contributed by atoms with Gasteiger partial charge in [0.1, 0.15) is 0 Å². The molecule has 0 aromatic carbocycles. The molecule has 0 fully saturated rings. The lowest BCUT2D eigenvalue weighted by molar-refractivity contribution is 0.580. The first-order valence-electron chi connectivity index (χ1n) is 2.64. The van der Waals surface area contributed by atoms with Gasteiger partial charge in [0.2, 0.25) is 0 Å². The van der Waals surface area contributed by atoms with Gasteiger partial charge < -0.3 is 11.5 Å². The van der Waals surface area contributed by atoms with Crippen LogP contribution in [0, 0.1) is 0 Å². The maximum absolute atomic E-state index is 5.41. The van der Waals surface area contributed by atoms with Crippen molar-refractivity contribution in [2.75, 3.05) is 0 Å². The molecule has 0 radical (unpaired) electrons. The van der Waals surface area contributed by atoms with Gasteiger partial charge in [0, 0.05) is 12.1 Å². The summed E-state index contributed by atoms with van der Waals surface area (Å²) in [5.74, 6) is 0. The monoisotopic (exact) mass is 102 g/mol. The molecular weight excluding hydrogens is 88.1 g/mol. The van der Waals surface area contributed by atoms with Crippen molar-refractivity contribution in [3.05, 3.63) is 0 Å². The van der Waals surface area contributed by atoms with E-state index in [1.807, 2.05) is 13.8 Å². The average Bonchev–Trinajstić information content (AvgIpc) is 1.27. The Kier molecular flexibility index (Phi) is 2.96. The fraction of sp³-hybridized carbons (Fsp3) is 1.00. The van der Waals surface area contributed by atoms with Gasteiger partial charge in [0.25, 0.3) is 0 Å². The van der Waals surface area contributed by atoms with Gasteiger partial charge in [-0.3, -0.25) is 0 Å². The smallest absolute Gasteiger partial charge is 0.00251 e. The van der Waals surface area contributed by atoms with E-state index in [9.17, 15) is 0 Å². The van der Waals surface area contributed by atoms with Crippen molar-refractivity contribution >= 4 is 0 Å². The first-order valence-corrected chi connectivity index (χ1v) is 2.64. The fourth-order valence-electron chi connectivity index (χ4n) is 0.586. The molecule has 2 nitrogen and oxygen atoms in total. The van der Waals surface area contributed by atoms with E-state index in [4.69, 9.17) is 11.5 Å². The molecule has 0 rings (SSSR count). The van der Waals surface area contributed by atoms with E-state index in [1.165, 1.54) is 0 Å². The summed E-state index contributed by atoms with van der Waals surface area (Å²) < 4.78 is 0.